The third kappa shape index (κ3) is 6.77. The number of amides is 3. The van der Waals surface area contributed by atoms with Crippen LogP contribution in [0.1, 0.15) is 18.5 Å². The van der Waals surface area contributed by atoms with Crippen molar-refractivity contribution in [3.63, 3.8) is 0 Å². The van der Waals surface area contributed by atoms with Crippen LogP contribution in [-0.2, 0) is 16.0 Å². The Labute approximate surface area is 110 Å². The molecular weight excluding hydrogens is 250 g/mol. The highest BCUT2D eigenvalue weighted by atomic mass is 16.4. The number of aromatic nitrogens is 1. The third-order valence-corrected chi connectivity index (χ3v) is 2.21. The lowest BCUT2D eigenvalue weighted by molar-refractivity contribution is -0.138. The first-order chi connectivity index (χ1) is 9.08. The van der Waals surface area contributed by atoms with Crippen molar-refractivity contribution < 1.29 is 19.5 Å². The molecule has 1 aromatic heterocycles. The summed E-state index contributed by atoms with van der Waals surface area (Å²) in [7, 11) is 0. The fourth-order valence-electron chi connectivity index (χ4n) is 1.30. The minimum atomic E-state index is -1.08. The molecule has 0 aromatic carbocycles. The number of urea groups is 1. The van der Waals surface area contributed by atoms with Gasteiger partial charge in [0.15, 0.2) is 0 Å². The predicted molar refractivity (Wildman–Crippen MR) is 66.4 cm³/mol. The molecule has 19 heavy (non-hydrogen) atoms. The summed E-state index contributed by atoms with van der Waals surface area (Å²) in [6, 6.07) is 4.84. The van der Waals surface area contributed by atoms with E-state index in [9.17, 15) is 14.4 Å². The zero-order chi connectivity index (χ0) is 14.1. The molecule has 1 aromatic rings. The van der Waals surface area contributed by atoms with Gasteiger partial charge in [-0.15, -0.1) is 0 Å². The molecule has 0 unspecified atom stereocenters. The Hall–Kier alpha value is -2.44. The number of pyridine rings is 1. The molecule has 0 aliphatic rings. The molecule has 0 aliphatic heterocycles. The summed E-state index contributed by atoms with van der Waals surface area (Å²) in [6.07, 6.45) is 1.69. The van der Waals surface area contributed by atoms with E-state index in [1.165, 1.54) is 0 Å². The van der Waals surface area contributed by atoms with Crippen molar-refractivity contribution in [2.45, 2.75) is 19.3 Å². The number of nitrogens with zero attached hydrogens (tertiary/aromatic N) is 1. The van der Waals surface area contributed by atoms with Crippen LogP contribution in [0, 0.1) is 0 Å². The normalized spacial score (nSPS) is 9.68. The maximum atomic E-state index is 11.3. The van der Waals surface area contributed by atoms with Crippen molar-refractivity contribution in [1.29, 1.82) is 0 Å². The van der Waals surface area contributed by atoms with E-state index in [0.717, 1.165) is 5.69 Å². The van der Waals surface area contributed by atoms with Gasteiger partial charge in [-0.25, -0.2) is 4.79 Å². The second-order valence-electron chi connectivity index (χ2n) is 3.77. The van der Waals surface area contributed by atoms with Crippen molar-refractivity contribution in [2.24, 2.45) is 0 Å². The van der Waals surface area contributed by atoms with Crippen molar-refractivity contribution >= 4 is 17.9 Å². The summed E-state index contributed by atoms with van der Waals surface area (Å²) in [5.74, 6) is -1.69. The number of nitrogens with one attached hydrogen (secondary N) is 2. The lowest BCUT2D eigenvalue weighted by Gasteiger charge is -2.05. The lowest BCUT2D eigenvalue weighted by Crippen LogP contribution is -2.40. The topological polar surface area (TPSA) is 108 Å². The Morgan fingerprint density at radius 3 is 2.63 bits per heavy atom. The average molecular weight is 265 g/mol. The van der Waals surface area contributed by atoms with E-state index < -0.39 is 17.9 Å². The maximum absolute atomic E-state index is 11.3. The second kappa shape index (κ2) is 7.80. The maximum Gasteiger partial charge on any atom is 0.321 e. The number of aliphatic carboxylic acids is 1. The highest BCUT2D eigenvalue weighted by molar-refractivity contribution is 5.95. The van der Waals surface area contributed by atoms with E-state index in [-0.39, 0.29) is 12.8 Å². The van der Waals surface area contributed by atoms with Gasteiger partial charge in [-0.2, -0.15) is 0 Å². The van der Waals surface area contributed by atoms with Crippen LogP contribution in [0.15, 0.2) is 24.4 Å². The molecule has 1 rings (SSSR count). The minimum absolute atomic E-state index is 0.219. The Morgan fingerprint density at radius 1 is 1.21 bits per heavy atom. The molecule has 0 saturated heterocycles. The molecule has 3 N–H and O–H groups in total. The van der Waals surface area contributed by atoms with E-state index in [1.54, 1.807) is 12.3 Å². The number of carboxylic acid groups (broad SMARTS) is 1. The Bertz CT molecular complexity index is 448. The highest BCUT2D eigenvalue weighted by Crippen LogP contribution is 1.93. The van der Waals surface area contributed by atoms with Crippen LogP contribution in [0.3, 0.4) is 0 Å². The number of carboxylic acids is 1. The van der Waals surface area contributed by atoms with Crippen LogP contribution in [0.25, 0.3) is 0 Å². The largest absolute Gasteiger partial charge is 0.481 e. The summed E-state index contributed by atoms with van der Waals surface area (Å²) in [5, 5.41) is 12.9. The van der Waals surface area contributed by atoms with Gasteiger partial charge in [0.25, 0.3) is 0 Å². The van der Waals surface area contributed by atoms with Gasteiger partial charge < -0.3 is 10.4 Å². The minimum Gasteiger partial charge on any atom is -0.481 e. The van der Waals surface area contributed by atoms with Crippen molar-refractivity contribution in [3.8, 4) is 0 Å². The zero-order valence-corrected chi connectivity index (χ0v) is 10.3. The van der Waals surface area contributed by atoms with Gasteiger partial charge in [0.2, 0.25) is 5.91 Å². The van der Waals surface area contributed by atoms with Gasteiger partial charge in [-0.05, 0) is 12.1 Å². The van der Waals surface area contributed by atoms with Gasteiger partial charge in [0, 0.05) is 31.3 Å². The molecule has 0 bridgehead atoms. The van der Waals surface area contributed by atoms with Crippen LogP contribution in [0.5, 0.6) is 0 Å². The molecule has 0 fully saturated rings. The van der Waals surface area contributed by atoms with Crippen LogP contribution in [-0.4, -0.2) is 34.5 Å². The third-order valence-electron chi connectivity index (χ3n) is 2.21. The van der Waals surface area contributed by atoms with E-state index in [2.05, 4.69) is 10.3 Å². The Morgan fingerprint density at radius 2 is 2.00 bits per heavy atom. The SMILES string of the molecule is O=C(O)CCC(=O)NC(=O)NCCc1ccccn1. The lowest BCUT2D eigenvalue weighted by atomic mass is 10.3. The summed E-state index contributed by atoms with van der Waals surface area (Å²) < 4.78 is 0. The fourth-order valence-corrected chi connectivity index (χ4v) is 1.30. The molecule has 3 amide bonds. The molecule has 102 valence electrons. The molecule has 7 heteroatoms. The molecule has 0 atom stereocenters. The van der Waals surface area contributed by atoms with Gasteiger partial charge in [-0.3, -0.25) is 19.9 Å². The van der Waals surface area contributed by atoms with Gasteiger partial charge >= 0.3 is 12.0 Å². The first-order valence-electron chi connectivity index (χ1n) is 5.77. The van der Waals surface area contributed by atoms with Crippen LogP contribution < -0.4 is 10.6 Å². The monoisotopic (exact) mass is 265 g/mol. The molecule has 0 spiro atoms. The molecule has 0 radical (unpaired) electrons. The van der Waals surface area contributed by atoms with Gasteiger partial charge in [-0.1, -0.05) is 6.07 Å². The average Bonchev–Trinajstić information content (AvgIpc) is 2.37. The summed E-state index contributed by atoms with van der Waals surface area (Å²) in [4.78, 5) is 36.7. The molecular formula is C12H15N3O4. The van der Waals surface area contributed by atoms with E-state index in [4.69, 9.17) is 5.11 Å². The fraction of sp³-hybridized carbons (Fsp3) is 0.333. The second-order valence-corrected chi connectivity index (χ2v) is 3.77. The summed E-state index contributed by atoms with van der Waals surface area (Å²) in [5.41, 5.74) is 0.833. The molecule has 7 nitrogen and oxygen atoms in total. The zero-order valence-electron chi connectivity index (χ0n) is 10.3. The first-order valence-corrected chi connectivity index (χ1v) is 5.77. The van der Waals surface area contributed by atoms with E-state index in [0.29, 0.717) is 13.0 Å². The van der Waals surface area contributed by atoms with Crippen molar-refractivity contribution in [2.75, 3.05) is 6.54 Å². The molecule has 0 saturated carbocycles. The first kappa shape index (κ1) is 14.6. The van der Waals surface area contributed by atoms with E-state index >= 15 is 0 Å². The quantitative estimate of drug-likeness (QED) is 0.686. The number of rotatable bonds is 6. The smallest absolute Gasteiger partial charge is 0.321 e. The standard InChI is InChI=1S/C12H15N3O4/c16-10(4-5-11(17)18)15-12(19)14-8-6-9-3-1-2-7-13-9/h1-3,7H,4-6,8H2,(H,17,18)(H2,14,15,16,19). The Kier molecular flexibility index (Phi) is 6.00. The van der Waals surface area contributed by atoms with Gasteiger partial charge in [0.1, 0.15) is 0 Å². The number of imide groups is 1. The summed E-state index contributed by atoms with van der Waals surface area (Å²) in [6.45, 7) is 0.342. The number of carbonyl (C=O) groups is 3. The van der Waals surface area contributed by atoms with E-state index in [1.807, 2.05) is 17.4 Å². The molecule has 0 aliphatic carbocycles. The summed E-state index contributed by atoms with van der Waals surface area (Å²) >= 11 is 0. The van der Waals surface area contributed by atoms with Crippen LogP contribution in [0.2, 0.25) is 0 Å². The van der Waals surface area contributed by atoms with Crippen LogP contribution in [0.4, 0.5) is 4.79 Å². The van der Waals surface area contributed by atoms with Crippen LogP contribution >= 0.6 is 0 Å². The highest BCUT2D eigenvalue weighted by Gasteiger charge is 2.08. The van der Waals surface area contributed by atoms with Gasteiger partial charge in [0.05, 0.1) is 6.42 Å². The number of hydrogen-bond acceptors (Lipinski definition) is 4. The molecule has 1 heterocycles. The Balaban J connectivity index is 2.17. The number of hydrogen-bond donors (Lipinski definition) is 3. The van der Waals surface area contributed by atoms with Crippen molar-refractivity contribution in [1.82, 2.24) is 15.6 Å². The number of carbonyl (C=O) groups excluding carboxylic acids is 2. The van der Waals surface area contributed by atoms with Crippen molar-refractivity contribution in [3.05, 3.63) is 30.1 Å². The predicted octanol–water partition coefficient (Wildman–Crippen LogP) is 0.315.